The number of aromatic nitrogens is 1. The molecule has 35 heavy (non-hydrogen) atoms. The van der Waals surface area contributed by atoms with Crippen molar-refractivity contribution in [3.8, 4) is 0 Å². The highest BCUT2D eigenvalue weighted by molar-refractivity contribution is 6.38. The van der Waals surface area contributed by atoms with Crippen molar-refractivity contribution in [3.05, 3.63) is 33.9 Å². The molecule has 1 aliphatic carbocycles. The van der Waals surface area contributed by atoms with Crippen LogP contribution in [-0.4, -0.2) is 54.4 Å². The van der Waals surface area contributed by atoms with Crippen molar-refractivity contribution < 1.29 is 23.9 Å². The minimum absolute atomic E-state index is 0.135. The second-order valence-corrected chi connectivity index (χ2v) is 10.0. The minimum Gasteiger partial charge on any atom is -0.467 e. The summed E-state index contributed by atoms with van der Waals surface area (Å²) in [6.07, 6.45) is 3.96. The fourth-order valence-corrected chi connectivity index (χ4v) is 4.96. The van der Waals surface area contributed by atoms with Crippen LogP contribution in [0.25, 0.3) is 10.9 Å². The Balaban J connectivity index is 1.48. The van der Waals surface area contributed by atoms with Crippen LogP contribution in [0.3, 0.4) is 0 Å². The van der Waals surface area contributed by atoms with Crippen molar-refractivity contribution in [1.82, 2.24) is 20.9 Å². The lowest BCUT2D eigenvalue weighted by Gasteiger charge is -2.27. The minimum atomic E-state index is -0.992. The quantitative estimate of drug-likeness (QED) is 0.376. The topological polar surface area (TPSA) is 129 Å². The summed E-state index contributed by atoms with van der Waals surface area (Å²) in [4.78, 5) is 53.8. The first-order valence-corrected chi connectivity index (χ1v) is 12.4. The third kappa shape index (κ3) is 6.27. The summed E-state index contributed by atoms with van der Waals surface area (Å²) in [5.74, 6) is -1.81. The monoisotopic (exact) mass is 522 g/mol. The Labute approximate surface area is 212 Å². The summed E-state index contributed by atoms with van der Waals surface area (Å²) in [6.45, 7) is 0.602. The molecule has 0 bridgehead atoms. The smallest absolute Gasteiger partial charge is 0.328 e. The third-order valence-electron chi connectivity index (χ3n) is 6.51. The van der Waals surface area contributed by atoms with Crippen LogP contribution in [0.2, 0.25) is 10.0 Å². The highest BCUT2D eigenvalue weighted by Crippen LogP contribution is 2.34. The summed E-state index contributed by atoms with van der Waals surface area (Å²) in [5.41, 5.74) is 0.841. The van der Waals surface area contributed by atoms with Crippen LogP contribution in [-0.2, 0) is 19.1 Å². The molecule has 0 radical (unpaired) electrons. The predicted octanol–water partition coefficient (Wildman–Crippen LogP) is 2.95. The Kier molecular flexibility index (Phi) is 7.86. The average molecular weight is 523 g/mol. The van der Waals surface area contributed by atoms with E-state index < -0.39 is 35.8 Å². The number of carbonyl (C=O) groups excluding carboxylic acids is 4. The van der Waals surface area contributed by atoms with Crippen LogP contribution in [0.15, 0.2) is 18.2 Å². The molecule has 4 rings (SSSR count). The molecule has 0 unspecified atom stereocenters. The number of methoxy groups -OCH3 is 1. The van der Waals surface area contributed by atoms with Gasteiger partial charge in [0.25, 0.3) is 5.91 Å². The van der Waals surface area contributed by atoms with Gasteiger partial charge < -0.3 is 25.7 Å². The molecule has 0 spiro atoms. The first-order chi connectivity index (χ1) is 16.7. The summed E-state index contributed by atoms with van der Waals surface area (Å²) in [7, 11) is 1.24. The lowest BCUT2D eigenvalue weighted by Crippen LogP contribution is -2.53. The van der Waals surface area contributed by atoms with Gasteiger partial charge in [0.1, 0.15) is 17.8 Å². The van der Waals surface area contributed by atoms with E-state index in [4.69, 9.17) is 27.9 Å². The second kappa shape index (κ2) is 10.9. The van der Waals surface area contributed by atoms with Gasteiger partial charge in [0, 0.05) is 28.4 Å². The van der Waals surface area contributed by atoms with E-state index in [0.717, 1.165) is 19.3 Å². The first-order valence-electron chi connectivity index (χ1n) is 11.7. The van der Waals surface area contributed by atoms with Crippen LogP contribution < -0.4 is 16.0 Å². The molecule has 11 heteroatoms. The van der Waals surface area contributed by atoms with Gasteiger partial charge in [-0.2, -0.15) is 0 Å². The zero-order valence-corrected chi connectivity index (χ0v) is 20.8. The number of halogens is 2. The molecule has 1 aliphatic heterocycles. The number of fused-ring (bicyclic) bond motifs is 1. The van der Waals surface area contributed by atoms with E-state index in [0.29, 0.717) is 46.3 Å². The van der Waals surface area contributed by atoms with Crippen LogP contribution in [0, 0.1) is 11.8 Å². The number of piperidine rings is 1. The van der Waals surface area contributed by atoms with Gasteiger partial charge in [-0.15, -0.1) is 0 Å². The Morgan fingerprint density at radius 1 is 1.09 bits per heavy atom. The standard InChI is InChI=1S/C24H28Cl2N4O5/c1-35-24(34)20(8-13-3-2-6-27-21(13)31)30-22(32)18(7-12-4-5-12)29-23(33)19-11-15-16(26)9-14(25)10-17(15)28-19/h9-13,18,20,28H,2-8H2,1H3,(H,27,31)(H,29,33)(H,30,32)/t13-,18-,20-/m0/s1. The van der Waals surface area contributed by atoms with Crippen LogP contribution >= 0.6 is 23.2 Å². The first kappa shape index (κ1) is 25.3. The van der Waals surface area contributed by atoms with Crippen molar-refractivity contribution in [1.29, 1.82) is 0 Å². The van der Waals surface area contributed by atoms with Gasteiger partial charge in [-0.25, -0.2) is 4.79 Å². The summed E-state index contributed by atoms with van der Waals surface area (Å²) in [6, 6.07) is 3.01. The maximum Gasteiger partial charge on any atom is 0.328 e. The molecule has 9 nitrogen and oxygen atoms in total. The number of carbonyl (C=O) groups is 4. The van der Waals surface area contributed by atoms with E-state index in [1.807, 2.05) is 0 Å². The predicted molar refractivity (Wildman–Crippen MR) is 131 cm³/mol. The number of hydrogen-bond donors (Lipinski definition) is 4. The van der Waals surface area contributed by atoms with Crippen LogP contribution in [0.1, 0.15) is 49.0 Å². The fraction of sp³-hybridized carbons (Fsp3) is 0.500. The molecule has 3 amide bonds. The van der Waals surface area contributed by atoms with Gasteiger partial charge in [0.15, 0.2) is 0 Å². The van der Waals surface area contributed by atoms with Crippen molar-refractivity contribution in [2.24, 2.45) is 11.8 Å². The molecule has 188 valence electrons. The van der Waals surface area contributed by atoms with Gasteiger partial charge in [-0.05, 0) is 49.8 Å². The van der Waals surface area contributed by atoms with Crippen molar-refractivity contribution in [3.63, 3.8) is 0 Å². The number of hydrogen-bond acceptors (Lipinski definition) is 5. The maximum absolute atomic E-state index is 13.2. The number of H-pyrrole nitrogens is 1. The Bertz CT molecular complexity index is 1150. The summed E-state index contributed by atoms with van der Waals surface area (Å²) in [5, 5.41) is 9.76. The van der Waals surface area contributed by atoms with Gasteiger partial charge in [-0.3, -0.25) is 14.4 Å². The number of nitrogens with one attached hydrogen (secondary N) is 4. The number of rotatable bonds is 9. The molecule has 1 saturated heterocycles. The largest absolute Gasteiger partial charge is 0.467 e. The molecular weight excluding hydrogens is 495 g/mol. The van der Waals surface area contributed by atoms with Gasteiger partial charge >= 0.3 is 5.97 Å². The summed E-state index contributed by atoms with van der Waals surface area (Å²) >= 11 is 12.3. The Hall–Kier alpha value is -2.78. The van der Waals surface area contributed by atoms with E-state index >= 15 is 0 Å². The van der Waals surface area contributed by atoms with E-state index in [9.17, 15) is 19.2 Å². The molecule has 2 heterocycles. The molecule has 2 fully saturated rings. The molecule has 1 aromatic heterocycles. The molecular formula is C24H28Cl2N4O5. The average Bonchev–Trinajstić information content (AvgIpc) is 3.54. The lowest BCUT2D eigenvalue weighted by molar-refractivity contribution is -0.146. The molecule has 2 aromatic rings. The van der Waals surface area contributed by atoms with Crippen molar-refractivity contribution >= 4 is 57.8 Å². The zero-order valence-electron chi connectivity index (χ0n) is 19.3. The van der Waals surface area contributed by atoms with Crippen LogP contribution in [0.5, 0.6) is 0 Å². The SMILES string of the molecule is COC(=O)[C@H](C[C@@H]1CCCNC1=O)NC(=O)[C@H](CC1CC1)NC(=O)c1cc2c(Cl)cc(Cl)cc2[nH]1. The number of benzene rings is 1. The highest BCUT2D eigenvalue weighted by atomic mass is 35.5. The highest BCUT2D eigenvalue weighted by Gasteiger charge is 2.35. The van der Waals surface area contributed by atoms with E-state index in [2.05, 4.69) is 20.9 Å². The lowest BCUT2D eigenvalue weighted by atomic mass is 9.91. The zero-order chi connectivity index (χ0) is 25.1. The normalized spacial score (nSPS) is 19.5. The fourth-order valence-electron chi connectivity index (χ4n) is 4.41. The Morgan fingerprint density at radius 2 is 1.86 bits per heavy atom. The molecule has 3 atom stereocenters. The maximum atomic E-state index is 13.2. The van der Waals surface area contributed by atoms with Crippen molar-refractivity contribution in [2.45, 2.75) is 50.6 Å². The summed E-state index contributed by atoms with van der Waals surface area (Å²) < 4.78 is 4.87. The molecule has 1 saturated carbocycles. The van der Waals surface area contributed by atoms with E-state index in [1.165, 1.54) is 7.11 Å². The van der Waals surface area contributed by atoms with Gasteiger partial charge in [0.05, 0.1) is 12.1 Å². The van der Waals surface area contributed by atoms with Crippen molar-refractivity contribution in [2.75, 3.05) is 13.7 Å². The Morgan fingerprint density at radius 3 is 2.54 bits per heavy atom. The second-order valence-electron chi connectivity index (χ2n) is 9.19. The number of amides is 3. The molecule has 2 aliphatic rings. The van der Waals surface area contributed by atoms with Gasteiger partial charge in [-0.1, -0.05) is 36.0 Å². The van der Waals surface area contributed by atoms with E-state index in [-0.39, 0.29) is 18.0 Å². The van der Waals surface area contributed by atoms with E-state index in [1.54, 1.807) is 18.2 Å². The van der Waals surface area contributed by atoms with Crippen LogP contribution in [0.4, 0.5) is 0 Å². The number of esters is 1. The number of ether oxygens (including phenoxy) is 1. The van der Waals surface area contributed by atoms with Gasteiger partial charge in [0.2, 0.25) is 11.8 Å². The number of aromatic amines is 1. The molecule has 4 N–H and O–H groups in total. The molecule has 1 aromatic carbocycles. The third-order valence-corrected chi connectivity index (χ3v) is 7.04.